The average Bonchev–Trinajstić information content (AvgIpc) is 2.36. The number of rotatable bonds is 5. The molecule has 0 aliphatic rings. The van der Waals surface area contributed by atoms with E-state index >= 15 is 0 Å². The van der Waals surface area contributed by atoms with Crippen molar-refractivity contribution >= 4 is 17.7 Å². The molecule has 1 amide bonds. The normalized spacial score (nSPS) is 13.8. The molecule has 0 aliphatic heterocycles. The van der Waals surface area contributed by atoms with Gasteiger partial charge in [-0.15, -0.1) is 0 Å². The minimum Gasteiger partial charge on any atom is -0.443 e. The molecule has 0 fully saturated rings. The van der Waals surface area contributed by atoms with Crippen LogP contribution in [0.25, 0.3) is 0 Å². The highest BCUT2D eigenvalue weighted by Gasteiger charge is 2.21. The van der Waals surface area contributed by atoms with Gasteiger partial charge in [0.1, 0.15) is 12.2 Å². The van der Waals surface area contributed by atoms with Gasteiger partial charge in [-0.1, -0.05) is 36.7 Å². The third kappa shape index (κ3) is 4.20. The van der Waals surface area contributed by atoms with Gasteiger partial charge >= 0.3 is 6.09 Å². The number of carbonyl (C=O) groups excluding carboxylic acids is 1. The van der Waals surface area contributed by atoms with E-state index in [1.807, 2.05) is 6.92 Å². The van der Waals surface area contributed by atoms with E-state index in [4.69, 9.17) is 16.3 Å². The first-order chi connectivity index (χ1) is 8.56. The Kier molecular flexibility index (Phi) is 5.95. The molecule has 1 aromatic rings. The molecule has 2 unspecified atom stereocenters. The van der Waals surface area contributed by atoms with Crippen LogP contribution in [0.3, 0.4) is 0 Å². The number of benzene rings is 1. The highest BCUT2D eigenvalue weighted by molar-refractivity contribution is 6.31. The number of hydrogen-bond donors (Lipinski definition) is 2. The summed E-state index contributed by atoms with van der Waals surface area (Å²) in [4.78, 5) is 11.4. The van der Waals surface area contributed by atoms with Crippen molar-refractivity contribution in [3.63, 3.8) is 0 Å². The van der Waals surface area contributed by atoms with Gasteiger partial charge in [0.05, 0.1) is 0 Å². The van der Waals surface area contributed by atoms with E-state index < -0.39 is 18.3 Å². The predicted octanol–water partition coefficient (Wildman–Crippen LogP) is 2.90. The second-order valence-electron chi connectivity index (χ2n) is 4.00. The van der Waals surface area contributed by atoms with Gasteiger partial charge < -0.3 is 15.2 Å². The van der Waals surface area contributed by atoms with Crippen LogP contribution in [0.1, 0.15) is 31.9 Å². The van der Waals surface area contributed by atoms with Crippen LogP contribution < -0.4 is 5.32 Å². The third-order valence-electron chi connectivity index (χ3n) is 2.48. The van der Waals surface area contributed by atoms with Gasteiger partial charge in [0, 0.05) is 17.1 Å². The average molecular weight is 272 g/mol. The Morgan fingerprint density at radius 3 is 2.78 bits per heavy atom. The lowest BCUT2D eigenvalue weighted by molar-refractivity contribution is 0.0120. The van der Waals surface area contributed by atoms with Crippen LogP contribution in [-0.4, -0.2) is 23.8 Å². The van der Waals surface area contributed by atoms with Crippen molar-refractivity contribution < 1.29 is 14.6 Å². The molecule has 100 valence electrons. The van der Waals surface area contributed by atoms with Gasteiger partial charge in [-0.3, -0.25) is 0 Å². The van der Waals surface area contributed by atoms with Crippen LogP contribution >= 0.6 is 11.6 Å². The van der Waals surface area contributed by atoms with Crippen molar-refractivity contribution in [3.8, 4) is 0 Å². The number of halogens is 1. The Balaban J connectivity index is 2.59. The monoisotopic (exact) mass is 271 g/mol. The summed E-state index contributed by atoms with van der Waals surface area (Å²) >= 11 is 5.97. The molecule has 0 heterocycles. The SMILES string of the molecule is CCCNC(=O)OC(C)C(O)c1ccccc1Cl. The minimum atomic E-state index is -0.939. The molecule has 0 aromatic heterocycles. The molecule has 1 rings (SSSR count). The first-order valence-corrected chi connectivity index (χ1v) is 6.31. The largest absolute Gasteiger partial charge is 0.443 e. The number of carbonyl (C=O) groups is 1. The van der Waals surface area contributed by atoms with Crippen LogP contribution in [0.15, 0.2) is 24.3 Å². The van der Waals surface area contributed by atoms with E-state index in [0.29, 0.717) is 17.1 Å². The molecule has 5 heteroatoms. The molecule has 1 aromatic carbocycles. The van der Waals surface area contributed by atoms with Crippen molar-refractivity contribution in [1.29, 1.82) is 0 Å². The quantitative estimate of drug-likeness (QED) is 0.866. The van der Waals surface area contributed by atoms with Crippen LogP contribution in [0.4, 0.5) is 4.79 Å². The first kappa shape index (κ1) is 14.8. The van der Waals surface area contributed by atoms with Crippen molar-refractivity contribution in [2.75, 3.05) is 6.54 Å². The number of ether oxygens (including phenoxy) is 1. The Bertz CT molecular complexity index is 398. The predicted molar refractivity (Wildman–Crippen MR) is 70.6 cm³/mol. The lowest BCUT2D eigenvalue weighted by atomic mass is 10.1. The standard InChI is InChI=1S/C13H18ClNO3/c1-3-8-15-13(17)18-9(2)12(16)10-6-4-5-7-11(10)14/h4-7,9,12,16H,3,8H2,1-2H3,(H,15,17). The smallest absolute Gasteiger partial charge is 0.407 e. The summed E-state index contributed by atoms with van der Waals surface area (Å²) in [7, 11) is 0. The number of nitrogens with one attached hydrogen (secondary N) is 1. The summed E-state index contributed by atoms with van der Waals surface area (Å²) in [6.45, 7) is 4.12. The minimum absolute atomic E-state index is 0.453. The summed E-state index contributed by atoms with van der Waals surface area (Å²) in [6, 6.07) is 6.94. The first-order valence-electron chi connectivity index (χ1n) is 5.93. The van der Waals surface area contributed by atoms with Crippen molar-refractivity contribution in [2.24, 2.45) is 0 Å². The molecule has 18 heavy (non-hydrogen) atoms. The van der Waals surface area contributed by atoms with E-state index in [2.05, 4.69) is 5.32 Å². The van der Waals surface area contributed by atoms with Crippen LogP contribution in [-0.2, 0) is 4.74 Å². The summed E-state index contributed by atoms with van der Waals surface area (Å²) in [5.74, 6) is 0. The number of hydrogen-bond acceptors (Lipinski definition) is 3. The summed E-state index contributed by atoms with van der Waals surface area (Å²) in [6.07, 6.45) is -1.31. The fourth-order valence-corrected chi connectivity index (χ4v) is 1.72. The molecule has 0 radical (unpaired) electrons. The Morgan fingerprint density at radius 1 is 1.50 bits per heavy atom. The van der Waals surface area contributed by atoms with Crippen molar-refractivity contribution in [3.05, 3.63) is 34.9 Å². The zero-order chi connectivity index (χ0) is 13.5. The van der Waals surface area contributed by atoms with Gasteiger partial charge in [0.25, 0.3) is 0 Å². The maximum Gasteiger partial charge on any atom is 0.407 e. The highest BCUT2D eigenvalue weighted by Crippen LogP contribution is 2.26. The van der Waals surface area contributed by atoms with Gasteiger partial charge in [0.2, 0.25) is 0 Å². The Morgan fingerprint density at radius 2 is 2.17 bits per heavy atom. The number of alkyl carbamates (subject to hydrolysis) is 1. The number of aliphatic hydroxyl groups is 1. The topological polar surface area (TPSA) is 58.6 Å². The van der Waals surface area contributed by atoms with Crippen LogP contribution in [0.5, 0.6) is 0 Å². The third-order valence-corrected chi connectivity index (χ3v) is 2.82. The van der Waals surface area contributed by atoms with Gasteiger partial charge in [-0.05, 0) is 19.4 Å². The van der Waals surface area contributed by atoms with Gasteiger partial charge in [-0.2, -0.15) is 0 Å². The van der Waals surface area contributed by atoms with Crippen molar-refractivity contribution in [2.45, 2.75) is 32.5 Å². The Labute approximate surface area is 112 Å². The summed E-state index contributed by atoms with van der Waals surface area (Å²) in [5.41, 5.74) is 0.551. The molecule has 4 nitrogen and oxygen atoms in total. The Hall–Kier alpha value is -1.26. The second-order valence-corrected chi connectivity index (χ2v) is 4.41. The zero-order valence-electron chi connectivity index (χ0n) is 10.5. The molecule has 2 N–H and O–H groups in total. The second kappa shape index (κ2) is 7.24. The summed E-state index contributed by atoms with van der Waals surface area (Å²) < 4.78 is 5.06. The van der Waals surface area contributed by atoms with E-state index in [0.717, 1.165) is 6.42 Å². The molecular formula is C13H18ClNO3. The molecule has 0 saturated heterocycles. The molecular weight excluding hydrogens is 254 g/mol. The van der Waals surface area contributed by atoms with E-state index in [1.54, 1.807) is 31.2 Å². The van der Waals surface area contributed by atoms with E-state index in [9.17, 15) is 9.90 Å². The zero-order valence-corrected chi connectivity index (χ0v) is 11.3. The van der Waals surface area contributed by atoms with Crippen molar-refractivity contribution in [1.82, 2.24) is 5.32 Å². The maximum absolute atomic E-state index is 11.4. The molecule has 0 bridgehead atoms. The van der Waals surface area contributed by atoms with E-state index in [-0.39, 0.29) is 0 Å². The van der Waals surface area contributed by atoms with Crippen LogP contribution in [0, 0.1) is 0 Å². The molecule has 0 aliphatic carbocycles. The fraction of sp³-hybridized carbons (Fsp3) is 0.462. The summed E-state index contributed by atoms with van der Waals surface area (Å²) in [5, 5.41) is 13.1. The lowest BCUT2D eigenvalue weighted by Crippen LogP contribution is -2.31. The van der Waals surface area contributed by atoms with Crippen LogP contribution in [0.2, 0.25) is 5.02 Å². The molecule has 2 atom stereocenters. The highest BCUT2D eigenvalue weighted by atomic mass is 35.5. The molecule has 0 saturated carbocycles. The van der Waals surface area contributed by atoms with Gasteiger partial charge in [0.15, 0.2) is 0 Å². The van der Waals surface area contributed by atoms with E-state index in [1.165, 1.54) is 0 Å². The molecule has 0 spiro atoms. The van der Waals surface area contributed by atoms with Gasteiger partial charge in [-0.25, -0.2) is 4.79 Å². The number of aliphatic hydroxyl groups excluding tert-OH is 1. The lowest BCUT2D eigenvalue weighted by Gasteiger charge is -2.20. The number of amides is 1. The maximum atomic E-state index is 11.4. The fourth-order valence-electron chi connectivity index (χ4n) is 1.47.